The molecule has 2 rings (SSSR count). The van der Waals surface area contributed by atoms with Gasteiger partial charge in [0.05, 0.1) is 5.02 Å². The van der Waals surface area contributed by atoms with Gasteiger partial charge in [0, 0.05) is 5.88 Å². The zero-order valence-electron chi connectivity index (χ0n) is 10.8. The van der Waals surface area contributed by atoms with Crippen LogP contribution in [0, 0.1) is 0 Å². The standard InChI is InChI=1S/C16H16Cl2O/c1-2-12-3-5-13(6-4-12)11-19-16-8-7-14(10-17)9-15(16)18/h3-9H,2,10-11H2,1H3. The van der Waals surface area contributed by atoms with Crippen molar-refractivity contribution in [1.82, 2.24) is 0 Å². The number of hydrogen-bond donors (Lipinski definition) is 0. The highest BCUT2D eigenvalue weighted by Crippen LogP contribution is 2.26. The first-order chi connectivity index (χ1) is 9.22. The van der Waals surface area contributed by atoms with Crippen LogP contribution in [0.4, 0.5) is 0 Å². The molecule has 0 atom stereocenters. The van der Waals surface area contributed by atoms with Crippen LogP contribution in [0.25, 0.3) is 0 Å². The predicted octanol–water partition coefficient (Wildman–Crippen LogP) is 5.22. The number of rotatable bonds is 5. The van der Waals surface area contributed by atoms with E-state index in [-0.39, 0.29) is 0 Å². The second-order valence-corrected chi connectivity index (χ2v) is 5.03. The summed E-state index contributed by atoms with van der Waals surface area (Å²) in [6, 6.07) is 14.0. The molecule has 2 aromatic rings. The molecule has 0 saturated carbocycles. The van der Waals surface area contributed by atoms with Crippen LogP contribution in [0.3, 0.4) is 0 Å². The Labute approximate surface area is 124 Å². The van der Waals surface area contributed by atoms with Gasteiger partial charge in [0.2, 0.25) is 0 Å². The maximum Gasteiger partial charge on any atom is 0.138 e. The zero-order valence-corrected chi connectivity index (χ0v) is 12.3. The average Bonchev–Trinajstić information content (AvgIpc) is 2.46. The van der Waals surface area contributed by atoms with E-state index in [2.05, 4.69) is 31.2 Å². The quantitative estimate of drug-likeness (QED) is 0.687. The second-order valence-electron chi connectivity index (χ2n) is 4.36. The molecule has 0 aliphatic carbocycles. The van der Waals surface area contributed by atoms with Crippen molar-refractivity contribution in [2.24, 2.45) is 0 Å². The second kappa shape index (κ2) is 6.83. The van der Waals surface area contributed by atoms with E-state index in [1.165, 1.54) is 5.56 Å². The molecule has 0 aromatic heterocycles. The summed E-state index contributed by atoms with van der Waals surface area (Å²) in [5, 5.41) is 0.600. The van der Waals surface area contributed by atoms with Gasteiger partial charge >= 0.3 is 0 Å². The van der Waals surface area contributed by atoms with Gasteiger partial charge in [-0.1, -0.05) is 48.9 Å². The number of alkyl halides is 1. The molecule has 0 radical (unpaired) electrons. The zero-order chi connectivity index (χ0) is 13.7. The Morgan fingerprint density at radius 2 is 1.58 bits per heavy atom. The summed E-state index contributed by atoms with van der Waals surface area (Å²) in [5.74, 6) is 1.15. The minimum atomic E-state index is 0.457. The lowest BCUT2D eigenvalue weighted by Gasteiger charge is -2.09. The molecule has 0 heterocycles. The fraction of sp³-hybridized carbons (Fsp3) is 0.250. The van der Waals surface area contributed by atoms with E-state index in [9.17, 15) is 0 Å². The number of halogens is 2. The average molecular weight is 295 g/mol. The summed E-state index contributed by atoms with van der Waals surface area (Å²) in [4.78, 5) is 0. The highest BCUT2D eigenvalue weighted by molar-refractivity contribution is 6.32. The van der Waals surface area contributed by atoms with E-state index in [1.807, 2.05) is 18.2 Å². The molecule has 3 heteroatoms. The Morgan fingerprint density at radius 3 is 2.16 bits per heavy atom. The van der Waals surface area contributed by atoms with Crippen molar-refractivity contribution < 1.29 is 4.74 Å². The Morgan fingerprint density at radius 1 is 0.947 bits per heavy atom. The Balaban J connectivity index is 2.01. The molecule has 0 fully saturated rings. The van der Waals surface area contributed by atoms with E-state index < -0.39 is 0 Å². The van der Waals surface area contributed by atoms with Crippen LogP contribution in [0.2, 0.25) is 5.02 Å². The van der Waals surface area contributed by atoms with E-state index in [0.29, 0.717) is 23.3 Å². The first-order valence-electron chi connectivity index (χ1n) is 6.28. The summed E-state index contributed by atoms with van der Waals surface area (Å²) in [7, 11) is 0. The van der Waals surface area contributed by atoms with Crippen molar-refractivity contribution in [1.29, 1.82) is 0 Å². The van der Waals surface area contributed by atoms with Gasteiger partial charge in [0.1, 0.15) is 12.4 Å². The van der Waals surface area contributed by atoms with Gasteiger partial charge in [-0.05, 0) is 35.2 Å². The van der Waals surface area contributed by atoms with E-state index in [4.69, 9.17) is 27.9 Å². The van der Waals surface area contributed by atoms with Crippen molar-refractivity contribution in [3.8, 4) is 5.75 Å². The van der Waals surface area contributed by atoms with Gasteiger partial charge in [0.15, 0.2) is 0 Å². The number of hydrogen-bond acceptors (Lipinski definition) is 1. The van der Waals surface area contributed by atoms with Gasteiger partial charge in [-0.2, -0.15) is 0 Å². The molecule has 0 aliphatic rings. The first-order valence-corrected chi connectivity index (χ1v) is 7.19. The van der Waals surface area contributed by atoms with Crippen molar-refractivity contribution in [2.45, 2.75) is 25.8 Å². The number of ether oxygens (including phenoxy) is 1. The summed E-state index contributed by atoms with van der Waals surface area (Å²) in [6.45, 7) is 2.66. The minimum Gasteiger partial charge on any atom is -0.487 e. The molecule has 100 valence electrons. The first kappa shape index (κ1) is 14.2. The minimum absolute atomic E-state index is 0.457. The molecule has 0 unspecified atom stereocenters. The molecule has 0 amide bonds. The highest BCUT2D eigenvalue weighted by Gasteiger charge is 2.03. The SMILES string of the molecule is CCc1ccc(COc2ccc(CCl)cc2Cl)cc1. The predicted molar refractivity (Wildman–Crippen MR) is 81.2 cm³/mol. The van der Waals surface area contributed by atoms with Gasteiger partial charge in [-0.15, -0.1) is 11.6 Å². The monoisotopic (exact) mass is 294 g/mol. The molecule has 0 N–H and O–H groups in total. The van der Waals surface area contributed by atoms with Crippen molar-refractivity contribution in [3.05, 3.63) is 64.2 Å². The molecule has 19 heavy (non-hydrogen) atoms. The summed E-state index contributed by atoms with van der Waals surface area (Å²) in [5.41, 5.74) is 3.45. The number of benzene rings is 2. The van der Waals surface area contributed by atoms with Crippen molar-refractivity contribution >= 4 is 23.2 Å². The molecule has 0 aliphatic heterocycles. The highest BCUT2D eigenvalue weighted by atomic mass is 35.5. The molecule has 0 bridgehead atoms. The van der Waals surface area contributed by atoms with E-state index >= 15 is 0 Å². The maximum atomic E-state index is 6.14. The van der Waals surface area contributed by atoms with Gasteiger partial charge in [0.25, 0.3) is 0 Å². The molecular weight excluding hydrogens is 279 g/mol. The number of aryl methyl sites for hydroxylation is 1. The lowest BCUT2D eigenvalue weighted by Crippen LogP contribution is -1.96. The van der Waals surface area contributed by atoms with Crippen LogP contribution in [0.15, 0.2) is 42.5 Å². The fourth-order valence-corrected chi connectivity index (χ4v) is 2.20. The van der Waals surface area contributed by atoms with Crippen molar-refractivity contribution in [3.63, 3.8) is 0 Å². The smallest absolute Gasteiger partial charge is 0.138 e. The third kappa shape index (κ3) is 3.89. The van der Waals surface area contributed by atoms with E-state index in [1.54, 1.807) is 0 Å². The van der Waals surface area contributed by atoms with Crippen LogP contribution < -0.4 is 4.74 Å². The Hall–Kier alpha value is -1.18. The van der Waals surface area contributed by atoms with Crippen LogP contribution in [-0.2, 0) is 18.9 Å². The van der Waals surface area contributed by atoms with Gasteiger partial charge in [-0.25, -0.2) is 0 Å². The maximum absolute atomic E-state index is 6.14. The van der Waals surface area contributed by atoms with Crippen LogP contribution in [0.1, 0.15) is 23.6 Å². The molecule has 0 saturated heterocycles. The van der Waals surface area contributed by atoms with Crippen LogP contribution >= 0.6 is 23.2 Å². The molecule has 2 aromatic carbocycles. The third-order valence-corrected chi connectivity index (χ3v) is 3.58. The van der Waals surface area contributed by atoms with Crippen molar-refractivity contribution in [2.75, 3.05) is 0 Å². The molecule has 1 nitrogen and oxygen atoms in total. The van der Waals surface area contributed by atoms with Gasteiger partial charge in [-0.3, -0.25) is 0 Å². The van der Waals surface area contributed by atoms with Gasteiger partial charge < -0.3 is 4.74 Å². The summed E-state index contributed by atoms with van der Waals surface area (Å²) >= 11 is 11.9. The summed E-state index contributed by atoms with van der Waals surface area (Å²) < 4.78 is 5.72. The Bertz CT molecular complexity index is 535. The summed E-state index contributed by atoms with van der Waals surface area (Å²) in [6.07, 6.45) is 1.05. The molecule has 0 spiro atoms. The normalized spacial score (nSPS) is 10.5. The fourth-order valence-electron chi connectivity index (χ4n) is 1.78. The third-order valence-electron chi connectivity index (χ3n) is 2.98. The Kier molecular flexibility index (Phi) is 5.12. The lowest BCUT2D eigenvalue weighted by molar-refractivity contribution is 0.306. The topological polar surface area (TPSA) is 9.23 Å². The lowest BCUT2D eigenvalue weighted by atomic mass is 10.1. The van der Waals surface area contributed by atoms with E-state index in [0.717, 1.165) is 17.5 Å². The molecular formula is C16H16Cl2O. The van der Waals surface area contributed by atoms with Crippen LogP contribution in [0.5, 0.6) is 5.75 Å². The van der Waals surface area contributed by atoms with Crippen LogP contribution in [-0.4, -0.2) is 0 Å². The largest absolute Gasteiger partial charge is 0.487 e.